The number of thiophene rings is 1. The molecule has 1 rings (SSSR count). The topological polar surface area (TPSA) is 12.0 Å². The van der Waals surface area contributed by atoms with Gasteiger partial charge < -0.3 is 5.32 Å². The molecule has 0 amide bonds. The molecule has 0 aliphatic heterocycles. The molecule has 0 saturated carbocycles. The lowest BCUT2D eigenvalue weighted by Crippen LogP contribution is -2.14. The fraction of sp³-hybridized carbons (Fsp3) is 0.455. The SMILES string of the molecule is C#CCCCC(NC)c1cc(Br)cs1. The highest BCUT2D eigenvalue weighted by molar-refractivity contribution is 9.10. The molecular formula is C11H14BrNS. The summed E-state index contributed by atoms with van der Waals surface area (Å²) >= 11 is 5.24. The van der Waals surface area contributed by atoms with Crippen molar-refractivity contribution in [1.29, 1.82) is 0 Å². The Kier molecular flexibility index (Phi) is 5.24. The van der Waals surface area contributed by atoms with E-state index >= 15 is 0 Å². The summed E-state index contributed by atoms with van der Waals surface area (Å²) in [6.07, 6.45) is 8.28. The lowest BCUT2D eigenvalue weighted by atomic mass is 10.1. The first-order valence-electron chi connectivity index (χ1n) is 4.62. The van der Waals surface area contributed by atoms with E-state index in [1.54, 1.807) is 11.3 Å². The Balaban J connectivity index is 2.50. The maximum absolute atomic E-state index is 5.22. The van der Waals surface area contributed by atoms with E-state index in [1.807, 2.05) is 7.05 Å². The average molecular weight is 272 g/mol. The zero-order valence-corrected chi connectivity index (χ0v) is 10.6. The molecule has 3 heteroatoms. The quantitative estimate of drug-likeness (QED) is 0.638. The molecule has 1 nitrogen and oxygen atoms in total. The molecule has 0 fully saturated rings. The van der Waals surface area contributed by atoms with Gasteiger partial charge in [0.2, 0.25) is 0 Å². The zero-order chi connectivity index (χ0) is 10.4. The van der Waals surface area contributed by atoms with Crippen LogP contribution < -0.4 is 5.32 Å². The van der Waals surface area contributed by atoms with Gasteiger partial charge in [0.1, 0.15) is 0 Å². The fourth-order valence-corrected chi connectivity index (χ4v) is 2.94. The second-order valence-corrected chi connectivity index (χ2v) is 4.96. The van der Waals surface area contributed by atoms with Gasteiger partial charge >= 0.3 is 0 Å². The number of hydrogen-bond acceptors (Lipinski definition) is 2. The van der Waals surface area contributed by atoms with Crippen LogP contribution in [0.3, 0.4) is 0 Å². The molecule has 0 radical (unpaired) electrons. The van der Waals surface area contributed by atoms with E-state index in [1.165, 1.54) is 4.88 Å². The van der Waals surface area contributed by atoms with E-state index < -0.39 is 0 Å². The average Bonchev–Trinajstić information content (AvgIpc) is 2.60. The van der Waals surface area contributed by atoms with Crippen molar-refractivity contribution in [2.45, 2.75) is 25.3 Å². The molecule has 0 aliphatic rings. The molecule has 76 valence electrons. The minimum absolute atomic E-state index is 0.444. The standard InChI is InChI=1S/C11H14BrNS/c1-3-4-5-6-10(13-2)11-7-9(12)8-14-11/h1,7-8,10,13H,4-6H2,2H3. The third-order valence-electron chi connectivity index (χ3n) is 2.09. The number of halogens is 1. The van der Waals surface area contributed by atoms with Gasteiger partial charge in [0.25, 0.3) is 0 Å². The number of unbranched alkanes of at least 4 members (excludes halogenated alkanes) is 1. The van der Waals surface area contributed by atoms with Gasteiger partial charge in [-0.3, -0.25) is 0 Å². The van der Waals surface area contributed by atoms with Crippen molar-refractivity contribution in [2.24, 2.45) is 0 Å². The Morgan fingerprint density at radius 1 is 1.71 bits per heavy atom. The molecule has 0 spiro atoms. The molecule has 1 N–H and O–H groups in total. The van der Waals surface area contributed by atoms with Crippen LogP contribution in [0, 0.1) is 12.3 Å². The largest absolute Gasteiger partial charge is 0.312 e. The lowest BCUT2D eigenvalue weighted by Gasteiger charge is -2.13. The number of rotatable bonds is 5. The molecule has 14 heavy (non-hydrogen) atoms. The monoisotopic (exact) mass is 271 g/mol. The van der Waals surface area contributed by atoms with Crippen LogP contribution in [-0.2, 0) is 0 Å². The predicted molar refractivity (Wildman–Crippen MR) is 66.5 cm³/mol. The Bertz CT molecular complexity index is 313. The molecule has 1 atom stereocenters. The van der Waals surface area contributed by atoms with E-state index in [9.17, 15) is 0 Å². The first-order valence-corrected chi connectivity index (χ1v) is 6.30. The molecule has 1 aromatic rings. The summed E-state index contributed by atoms with van der Waals surface area (Å²) in [4.78, 5) is 1.37. The fourth-order valence-electron chi connectivity index (χ4n) is 1.35. The van der Waals surface area contributed by atoms with Crippen LogP contribution >= 0.6 is 27.3 Å². The van der Waals surface area contributed by atoms with Gasteiger partial charge in [-0.05, 0) is 41.9 Å². The van der Waals surface area contributed by atoms with Crippen LogP contribution in [0.2, 0.25) is 0 Å². The summed E-state index contributed by atoms with van der Waals surface area (Å²) in [6.45, 7) is 0. The maximum Gasteiger partial charge on any atom is 0.0413 e. The summed E-state index contributed by atoms with van der Waals surface area (Å²) < 4.78 is 1.16. The van der Waals surface area contributed by atoms with Gasteiger partial charge in [0.05, 0.1) is 0 Å². The first-order chi connectivity index (χ1) is 6.77. The highest BCUT2D eigenvalue weighted by atomic mass is 79.9. The van der Waals surface area contributed by atoms with Gasteiger partial charge in [0.15, 0.2) is 0 Å². The van der Waals surface area contributed by atoms with E-state index in [4.69, 9.17) is 6.42 Å². The Labute approximate surface area is 98.0 Å². The summed E-state index contributed by atoms with van der Waals surface area (Å²) in [7, 11) is 1.99. The summed E-state index contributed by atoms with van der Waals surface area (Å²) in [5.41, 5.74) is 0. The van der Waals surface area contributed by atoms with E-state index in [0.29, 0.717) is 6.04 Å². The molecular weight excluding hydrogens is 258 g/mol. The van der Waals surface area contributed by atoms with Crippen molar-refractivity contribution in [3.63, 3.8) is 0 Å². The zero-order valence-electron chi connectivity index (χ0n) is 8.22. The Morgan fingerprint density at radius 2 is 2.50 bits per heavy atom. The molecule has 0 bridgehead atoms. The van der Waals surface area contributed by atoms with Gasteiger partial charge in [0, 0.05) is 27.2 Å². The van der Waals surface area contributed by atoms with E-state index in [0.717, 1.165) is 23.7 Å². The molecule has 1 heterocycles. The Morgan fingerprint density at radius 3 is 3.00 bits per heavy atom. The van der Waals surface area contributed by atoms with Crippen molar-refractivity contribution in [3.8, 4) is 12.3 Å². The van der Waals surface area contributed by atoms with Crippen LogP contribution in [0.4, 0.5) is 0 Å². The smallest absolute Gasteiger partial charge is 0.0413 e. The first kappa shape index (κ1) is 11.8. The molecule has 1 aromatic heterocycles. The second kappa shape index (κ2) is 6.23. The highest BCUT2D eigenvalue weighted by Gasteiger charge is 2.10. The van der Waals surface area contributed by atoms with Crippen molar-refractivity contribution < 1.29 is 0 Å². The van der Waals surface area contributed by atoms with Crippen LogP contribution in [0.25, 0.3) is 0 Å². The summed E-state index contributed by atoms with van der Waals surface area (Å²) in [6, 6.07) is 2.61. The van der Waals surface area contributed by atoms with Gasteiger partial charge in [-0.1, -0.05) is 0 Å². The number of terminal acetylenes is 1. The second-order valence-electron chi connectivity index (χ2n) is 3.10. The molecule has 0 aliphatic carbocycles. The van der Waals surface area contributed by atoms with Crippen LogP contribution in [0.5, 0.6) is 0 Å². The van der Waals surface area contributed by atoms with Gasteiger partial charge in [-0.25, -0.2) is 0 Å². The third-order valence-corrected chi connectivity index (χ3v) is 3.90. The van der Waals surface area contributed by atoms with Crippen molar-refractivity contribution in [3.05, 3.63) is 20.8 Å². The lowest BCUT2D eigenvalue weighted by molar-refractivity contribution is 0.540. The van der Waals surface area contributed by atoms with Crippen molar-refractivity contribution in [2.75, 3.05) is 7.05 Å². The minimum atomic E-state index is 0.444. The highest BCUT2D eigenvalue weighted by Crippen LogP contribution is 2.28. The van der Waals surface area contributed by atoms with Crippen LogP contribution in [-0.4, -0.2) is 7.05 Å². The third kappa shape index (κ3) is 3.45. The van der Waals surface area contributed by atoms with Crippen LogP contribution in [0.15, 0.2) is 15.9 Å². The van der Waals surface area contributed by atoms with Gasteiger partial charge in [-0.2, -0.15) is 0 Å². The number of hydrogen-bond donors (Lipinski definition) is 1. The van der Waals surface area contributed by atoms with E-state index in [-0.39, 0.29) is 0 Å². The molecule has 0 aromatic carbocycles. The predicted octanol–water partition coefficient (Wildman–Crippen LogP) is 3.57. The van der Waals surface area contributed by atoms with E-state index in [2.05, 4.69) is 38.6 Å². The van der Waals surface area contributed by atoms with Crippen molar-refractivity contribution >= 4 is 27.3 Å². The summed E-state index contributed by atoms with van der Waals surface area (Å²) in [5, 5.41) is 5.42. The van der Waals surface area contributed by atoms with Crippen LogP contribution in [0.1, 0.15) is 30.2 Å². The molecule has 0 saturated heterocycles. The van der Waals surface area contributed by atoms with Crippen molar-refractivity contribution in [1.82, 2.24) is 5.32 Å². The molecule has 1 unspecified atom stereocenters. The Hall–Kier alpha value is -0.300. The summed E-state index contributed by atoms with van der Waals surface area (Å²) in [5.74, 6) is 2.67. The number of nitrogens with one attached hydrogen (secondary N) is 1. The minimum Gasteiger partial charge on any atom is -0.312 e. The van der Waals surface area contributed by atoms with Gasteiger partial charge in [-0.15, -0.1) is 23.7 Å². The maximum atomic E-state index is 5.22. The normalized spacial score (nSPS) is 12.4.